The van der Waals surface area contributed by atoms with Crippen LogP contribution in [0.2, 0.25) is 0 Å². The molecule has 0 bridgehead atoms. The Labute approximate surface area is 123 Å². The Hall–Kier alpha value is -2.62. The summed E-state index contributed by atoms with van der Waals surface area (Å²) < 4.78 is 0. The van der Waals surface area contributed by atoms with Crippen molar-refractivity contribution >= 4 is 22.3 Å². The lowest BCUT2D eigenvalue weighted by molar-refractivity contribution is 0.708. The van der Waals surface area contributed by atoms with Gasteiger partial charge in [-0.2, -0.15) is 0 Å². The summed E-state index contributed by atoms with van der Waals surface area (Å²) in [6.07, 6.45) is 2.45. The molecule has 4 rings (SSSR count). The Morgan fingerprint density at radius 2 is 1.86 bits per heavy atom. The maximum atomic E-state index is 5.95. The van der Waals surface area contributed by atoms with E-state index >= 15 is 0 Å². The first-order valence-electron chi connectivity index (χ1n) is 7.14. The molecule has 2 heterocycles. The predicted octanol–water partition coefficient (Wildman–Crippen LogP) is 2.77. The summed E-state index contributed by atoms with van der Waals surface area (Å²) in [6, 6.07) is 14.9. The van der Waals surface area contributed by atoms with Crippen molar-refractivity contribution in [1.29, 1.82) is 0 Å². The van der Waals surface area contributed by atoms with Gasteiger partial charge in [0.1, 0.15) is 12.1 Å². The van der Waals surface area contributed by atoms with Gasteiger partial charge in [-0.3, -0.25) is 0 Å². The van der Waals surface area contributed by atoms with Crippen LogP contribution in [0.15, 0.2) is 48.8 Å². The molecule has 0 fully saturated rings. The highest BCUT2D eigenvalue weighted by Gasteiger charge is 2.21. The number of nitrogens with zero attached hydrogens (tertiary/aromatic N) is 3. The highest BCUT2D eigenvalue weighted by Crippen LogP contribution is 2.31. The van der Waals surface area contributed by atoms with Crippen LogP contribution in [0.25, 0.3) is 10.8 Å². The molecule has 0 atom stereocenters. The Kier molecular flexibility index (Phi) is 2.74. The molecule has 2 N–H and O–H groups in total. The number of hydrogen-bond acceptors (Lipinski definition) is 4. The molecule has 1 aliphatic rings. The lowest BCUT2D eigenvalue weighted by Crippen LogP contribution is -2.32. The van der Waals surface area contributed by atoms with E-state index in [1.807, 2.05) is 0 Å². The first-order chi connectivity index (χ1) is 10.3. The topological polar surface area (TPSA) is 55.0 Å². The third-order valence-electron chi connectivity index (χ3n) is 4.15. The van der Waals surface area contributed by atoms with Crippen LogP contribution in [-0.4, -0.2) is 16.5 Å². The normalized spacial score (nSPS) is 14.2. The molecular weight excluding hydrogens is 260 g/mol. The van der Waals surface area contributed by atoms with Gasteiger partial charge in [-0.1, -0.05) is 36.4 Å². The molecular formula is C17H16N4. The zero-order valence-corrected chi connectivity index (χ0v) is 11.7. The van der Waals surface area contributed by atoms with Gasteiger partial charge in [0.2, 0.25) is 0 Å². The first kappa shape index (κ1) is 12.1. The number of nitrogens with two attached hydrogens (primary N) is 1. The van der Waals surface area contributed by atoms with E-state index in [1.165, 1.54) is 16.5 Å². The second-order valence-corrected chi connectivity index (χ2v) is 5.35. The third-order valence-corrected chi connectivity index (χ3v) is 4.15. The number of fused-ring (bicyclic) bond motifs is 2. The van der Waals surface area contributed by atoms with Crippen LogP contribution in [0.5, 0.6) is 0 Å². The average molecular weight is 276 g/mol. The molecule has 1 aromatic heterocycles. The molecule has 0 aliphatic carbocycles. The van der Waals surface area contributed by atoms with Crippen molar-refractivity contribution < 1.29 is 0 Å². The van der Waals surface area contributed by atoms with Crippen LogP contribution in [0.3, 0.4) is 0 Å². The maximum absolute atomic E-state index is 5.95. The monoisotopic (exact) mass is 276 g/mol. The van der Waals surface area contributed by atoms with Crippen molar-refractivity contribution in [2.45, 2.75) is 13.0 Å². The Bertz CT molecular complexity index is 807. The van der Waals surface area contributed by atoms with E-state index < -0.39 is 0 Å². The van der Waals surface area contributed by atoms with Gasteiger partial charge in [0.15, 0.2) is 0 Å². The number of hydrogen-bond donors (Lipinski definition) is 1. The van der Waals surface area contributed by atoms with Crippen LogP contribution < -0.4 is 10.6 Å². The second-order valence-electron chi connectivity index (χ2n) is 5.35. The molecule has 0 amide bonds. The number of aromatic nitrogens is 2. The zero-order valence-electron chi connectivity index (χ0n) is 11.7. The lowest BCUT2D eigenvalue weighted by Gasteiger charge is -2.31. The standard InChI is InChI=1S/C17H16N4/c18-17-14-8-9-21(10-15(14)19-11-20-17)16-7-3-5-12-4-1-2-6-13(12)16/h1-7,11H,8-10H2,(H2,18,19,20). The fourth-order valence-corrected chi connectivity index (χ4v) is 3.07. The van der Waals surface area contributed by atoms with Crippen molar-refractivity contribution in [3.05, 3.63) is 60.0 Å². The smallest absolute Gasteiger partial charge is 0.130 e. The van der Waals surface area contributed by atoms with Crippen LogP contribution in [0.4, 0.5) is 11.5 Å². The molecule has 0 unspecified atom stereocenters. The molecule has 4 heteroatoms. The minimum atomic E-state index is 0.623. The highest BCUT2D eigenvalue weighted by atomic mass is 15.1. The molecule has 21 heavy (non-hydrogen) atoms. The number of benzene rings is 2. The summed E-state index contributed by atoms with van der Waals surface area (Å²) in [5.41, 5.74) is 9.36. The lowest BCUT2D eigenvalue weighted by atomic mass is 10.0. The Balaban J connectivity index is 1.78. The van der Waals surface area contributed by atoms with E-state index in [4.69, 9.17) is 5.73 Å². The minimum absolute atomic E-state index is 0.623. The molecule has 0 saturated carbocycles. The van der Waals surface area contributed by atoms with E-state index in [-0.39, 0.29) is 0 Å². The fraction of sp³-hybridized carbons (Fsp3) is 0.176. The van der Waals surface area contributed by atoms with Gasteiger partial charge in [0.25, 0.3) is 0 Å². The maximum Gasteiger partial charge on any atom is 0.130 e. The van der Waals surface area contributed by atoms with Crippen LogP contribution in [0.1, 0.15) is 11.3 Å². The molecule has 4 nitrogen and oxygen atoms in total. The van der Waals surface area contributed by atoms with Gasteiger partial charge in [-0.05, 0) is 17.9 Å². The Morgan fingerprint density at radius 3 is 2.81 bits per heavy atom. The van der Waals surface area contributed by atoms with Gasteiger partial charge >= 0.3 is 0 Å². The summed E-state index contributed by atoms with van der Waals surface area (Å²) in [4.78, 5) is 10.9. The number of rotatable bonds is 1. The van der Waals surface area contributed by atoms with Crippen molar-refractivity contribution in [3.63, 3.8) is 0 Å². The number of anilines is 2. The van der Waals surface area contributed by atoms with Crippen molar-refractivity contribution in [1.82, 2.24) is 9.97 Å². The van der Waals surface area contributed by atoms with E-state index in [0.717, 1.165) is 30.8 Å². The van der Waals surface area contributed by atoms with Gasteiger partial charge < -0.3 is 10.6 Å². The van der Waals surface area contributed by atoms with Crippen molar-refractivity contribution in [2.75, 3.05) is 17.2 Å². The third kappa shape index (κ3) is 2.00. The van der Waals surface area contributed by atoms with Gasteiger partial charge in [-0.25, -0.2) is 9.97 Å². The average Bonchev–Trinajstić information content (AvgIpc) is 2.54. The summed E-state index contributed by atoms with van der Waals surface area (Å²) in [5.74, 6) is 0.623. The second kappa shape index (κ2) is 4.74. The molecule has 3 aromatic rings. The SMILES string of the molecule is Nc1ncnc2c1CCN(c1cccc3ccccc13)C2. The molecule has 0 spiro atoms. The van der Waals surface area contributed by atoms with E-state index in [1.54, 1.807) is 6.33 Å². The summed E-state index contributed by atoms with van der Waals surface area (Å²) in [5, 5.41) is 2.55. The largest absolute Gasteiger partial charge is 0.383 e. The quantitative estimate of drug-likeness (QED) is 0.742. The van der Waals surface area contributed by atoms with E-state index in [9.17, 15) is 0 Å². The van der Waals surface area contributed by atoms with Crippen LogP contribution >= 0.6 is 0 Å². The zero-order chi connectivity index (χ0) is 14.2. The Morgan fingerprint density at radius 1 is 1.00 bits per heavy atom. The molecule has 1 aliphatic heterocycles. The highest BCUT2D eigenvalue weighted by molar-refractivity contribution is 5.94. The molecule has 104 valence electrons. The summed E-state index contributed by atoms with van der Waals surface area (Å²) in [7, 11) is 0. The number of nitrogen functional groups attached to an aromatic ring is 1. The van der Waals surface area contributed by atoms with E-state index in [0.29, 0.717) is 5.82 Å². The fourth-order valence-electron chi connectivity index (χ4n) is 3.07. The van der Waals surface area contributed by atoms with E-state index in [2.05, 4.69) is 57.3 Å². The van der Waals surface area contributed by atoms with Gasteiger partial charge in [0.05, 0.1) is 12.2 Å². The van der Waals surface area contributed by atoms with Gasteiger partial charge in [0, 0.05) is 23.2 Å². The minimum Gasteiger partial charge on any atom is -0.383 e. The molecule has 0 saturated heterocycles. The summed E-state index contributed by atoms with van der Waals surface area (Å²) >= 11 is 0. The van der Waals surface area contributed by atoms with Crippen molar-refractivity contribution in [2.24, 2.45) is 0 Å². The predicted molar refractivity (Wildman–Crippen MR) is 85.1 cm³/mol. The summed E-state index contributed by atoms with van der Waals surface area (Å²) in [6.45, 7) is 1.73. The molecule has 2 aromatic carbocycles. The van der Waals surface area contributed by atoms with Crippen molar-refractivity contribution in [3.8, 4) is 0 Å². The first-order valence-corrected chi connectivity index (χ1v) is 7.14. The van der Waals surface area contributed by atoms with Crippen LogP contribution in [-0.2, 0) is 13.0 Å². The van der Waals surface area contributed by atoms with Crippen LogP contribution in [0, 0.1) is 0 Å². The van der Waals surface area contributed by atoms with Gasteiger partial charge in [-0.15, -0.1) is 0 Å². The molecule has 0 radical (unpaired) electrons.